The zero-order valence-electron chi connectivity index (χ0n) is 11.9. The molecule has 0 bridgehead atoms. The molecular weight excluding hydrogens is 252 g/mol. The normalized spacial score (nSPS) is 12.4. The number of rotatable bonds is 5. The standard InChI is InChI=1S/C16H22N2S/c1-4-18(14-8-6-5-7-12(14)2)15(11-17)16-13(3)9-10-19-16/h5-10,15H,4,11,17H2,1-3H3. The fourth-order valence-corrected chi connectivity index (χ4v) is 3.60. The maximum absolute atomic E-state index is 6.06. The van der Waals surface area contributed by atoms with E-state index in [-0.39, 0.29) is 6.04 Å². The van der Waals surface area contributed by atoms with Crippen molar-refractivity contribution in [1.29, 1.82) is 0 Å². The molecule has 1 aromatic heterocycles. The van der Waals surface area contributed by atoms with Gasteiger partial charge in [-0.1, -0.05) is 18.2 Å². The van der Waals surface area contributed by atoms with Crippen molar-refractivity contribution in [1.82, 2.24) is 0 Å². The van der Waals surface area contributed by atoms with Gasteiger partial charge in [0.2, 0.25) is 0 Å². The third-order valence-electron chi connectivity index (χ3n) is 3.57. The molecule has 0 aliphatic rings. The van der Waals surface area contributed by atoms with Crippen LogP contribution in [0.25, 0.3) is 0 Å². The minimum absolute atomic E-state index is 0.270. The van der Waals surface area contributed by atoms with Gasteiger partial charge in [-0.05, 0) is 49.4 Å². The summed E-state index contributed by atoms with van der Waals surface area (Å²) in [5.74, 6) is 0. The monoisotopic (exact) mass is 274 g/mol. The molecule has 0 saturated heterocycles. The first kappa shape index (κ1) is 14.1. The fraction of sp³-hybridized carbons (Fsp3) is 0.375. The van der Waals surface area contributed by atoms with E-state index in [0.29, 0.717) is 6.54 Å². The molecule has 2 rings (SSSR count). The first-order valence-corrected chi connectivity index (χ1v) is 7.63. The summed E-state index contributed by atoms with van der Waals surface area (Å²) in [7, 11) is 0. The van der Waals surface area contributed by atoms with Crippen molar-refractivity contribution in [3.8, 4) is 0 Å². The van der Waals surface area contributed by atoms with Gasteiger partial charge in [-0.2, -0.15) is 0 Å². The zero-order chi connectivity index (χ0) is 13.8. The van der Waals surface area contributed by atoms with Crippen LogP contribution in [0.3, 0.4) is 0 Å². The number of nitrogens with zero attached hydrogens (tertiary/aromatic N) is 1. The summed E-state index contributed by atoms with van der Waals surface area (Å²) in [6.45, 7) is 8.12. The Morgan fingerprint density at radius 3 is 2.42 bits per heavy atom. The summed E-state index contributed by atoms with van der Waals surface area (Å²) < 4.78 is 0. The van der Waals surface area contributed by atoms with Crippen molar-refractivity contribution in [2.24, 2.45) is 5.73 Å². The summed E-state index contributed by atoms with van der Waals surface area (Å²) in [6, 6.07) is 11.0. The molecular formula is C16H22N2S. The summed E-state index contributed by atoms with van der Waals surface area (Å²) in [4.78, 5) is 3.79. The summed E-state index contributed by atoms with van der Waals surface area (Å²) >= 11 is 1.80. The molecule has 0 aliphatic carbocycles. The first-order valence-electron chi connectivity index (χ1n) is 6.75. The van der Waals surface area contributed by atoms with E-state index in [0.717, 1.165) is 6.54 Å². The predicted octanol–water partition coefficient (Wildman–Crippen LogP) is 3.89. The molecule has 0 amide bonds. The molecule has 0 saturated carbocycles. The third kappa shape index (κ3) is 2.82. The van der Waals surface area contributed by atoms with Crippen molar-refractivity contribution in [2.45, 2.75) is 26.8 Å². The van der Waals surface area contributed by atoms with Gasteiger partial charge in [-0.3, -0.25) is 0 Å². The van der Waals surface area contributed by atoms with Crippen LogP contribution in [0.4, 0.5) is 5.69 Å². The van der Waals surface area contributed by atoms with E-state index in [1.807, 2.05) is 0 Å². The average molecular weight is 274 g/mol. The van der Waals surface area contributed by atoms with E-state index in [1.165, 1.54) is 21.7 Å². The molecule has 0 radical (unpaired) electrons. The lowest BCUT2D eigenvalue weighted by Gasteiger charge is -2.33. The molecule has 1 unspecified atom stereocenters. The minimum atomic E-state index is 0.270. The highest BCUT2D eigenvalue weighted by molar-refractivity contribution is 7.10. The Morgan fingerprint density at radius 2 is 1.89 bits per heavy atom. The Bertz CT molecular complexity index is 533. The third-order valence-corrected chi connectivity index (χ3v) is 4.69. The zero-order valence-corrected chi connectivity index (χ0v) is 12.7. The topological polar surface area (TPSA) is 29.3 Å². The number of hydrogen-bond acceptors (Lipinski definition) is 3. The van der Waals surface area contributed by atoms with E-state index in [1.54, 1.807) is 11.3 Å². The Morgan fingerprint density at radius 1 is 1.16 bits per heavy atom. The van der Waals surface area contributed by atoms with Crippen molar-refractivity contribution in [3.05, 3.63) is 51.7 Å². The van der Waals surface area contributed by atoms with Gasteiger partial charge in [-0.25, -0.2) is 0 Å². The van der Waals surface area contributed by atoms with Gasteiger partial charge < -0.3 is 10.6 Å². The Hall–Kier alpha value is -1.32. The number of para-hydroxylation sites is 1. The van der Waals surface area contributed by atoms with Crippen LogP contribution in [-0.2, 0) is 0 Å². The van der Waals surface area contributed by atoms with Crippen LogP contribution in [0, 0.1) is 13.8 Å². The summed E-state index contributed by atoms with van der Waals surface area (Å²) in [5, 5.41) is 2.15. The lowest BCUT2D eigenvalue weighted by molar-refractivity contribution is 0.649. The van der Waals surface area contributed by atoms with Gasteiger partial charge in [0.15, 0.2) is 0 Å². The molecule has 102 valence electrons. The summed E-state index contributed by atoms with van der Waals surface area (Å²) in [6.07, 6.45) is 0. The lowest BCUT2D eigenvalue weighted by Crippen LogP contribution is -2.34. The molecule has 19 heavy (non-hydrogen) atoms. The quantitative estimate of drug-likeness (QED) is 0.896. The number of hydrogen-bond donors (Lipinski definition) is 1. The van der Waals surface area contributed by atoms with Gasteiger partial charge in [0.05, 0.1) is 6.04 Å². The average Bonchev–Trinajstić information content (AvgIpc) is 2.83. The van der Waals surface area contributed by atoms with Crippen molar-refractivity contribution in [2.75, 3.05) is 18.0 Å². The second-order valence-corrected chi connectivity index (χ2v) is 5.74. The van der Waals surface area contributed by atoms with Crippen molar-refractivity contribution < 1.29 is 0 Å². The number of benzene rings is 1. The minimum Gasteiger partial charge on any atom is -0.362 e. The number of nitrogens with two attached hydrogens (primary N) is 1. The Kier molecular flexibility index (Phi) is 4.61. The number of aryl methyl sites for hydroxylation is 2. The van der Waals surface area contributed by atoms with Gasteiger partial charge in [-0.15, -0.1) is 11.3 Å². The Balaban J connectivity index is 2.40. The highest BCUT2D eigenvalue weighted by Gasteiger charge is 2.21. The Labute approximate surface area is 119 Å². The van der Waals surface area contributed by atoms with Crippen LogP contribution >= 0.6 is 11.3 Å². The van der Waals surface area contributed by atoms with E-state index in [2.05, 4.69) is 61.4 Å². The fourth-order valence-electron chi connectivity index (χ4n) is 2.55. The van der Waals surface area contributed by atoms with E-state index in [9.17, 15) is 0 Å². The second kappa shape index (κ2) is 6.22. The molecule has 0 aliphatic heterocycles. The smallest absolute Gasteiger partial charge is 0.0759 e. The maximum Gasteiger partial charge on any atom is 0.0759 e. The largest absolute Gasteiger partial charge is 0.362 e. The second-order valence-electron chi connectivity index (χ2n) is 4.79. The molecule has 0 spiro atoms. The SMILES string of the molecule is CCN(c1ccccc1C)C(CN)c1sccc1C. The molecule has 1 heterocycles. The van der Waals surface area contributed by atoms with Gasteiger partial charge in [0.1, 0.15) is 0 Å². The molecule has 2 nitrogen and oxygen atoms in total. The van der Waals surface area contributed by atoms with Crippen LogP contribution in [-0.4, -0.2) is 13.1 Å². The maximum atomic E-state index is 6.06. The van der Waals surface area contributed by atoms with Crippen LogP contribution < -0.4 is 10.6 Å². The van der Waals surface area contributed by atoms with Crippen LogP contribution in [0.5, 0.6) is 0 Å². The van der Waals surface area contributed by atoms with Crippen LogP contribution in [0.1, 0.15) is 29.0 Å². The van der Waals surface area contributed by atoms with Crippen LogP contribution in [0.2, 0.25) is 0 Å². The van der Waals surface area contributed by atoms with Gasteiger partial charge in [0, 0.05) is 23.7 Å². The van der Waals surface area contributed by atoms with Crippen LogP contribution in [0.15, 0.2) is 35.7 Å². The predicted molar refractivity (Wildman–Crippen MR) is 85.1 cm³/mol. The van der Waals surface area contributed by atoms with E-state index >= 15 is 0 Å². The summed E-state index contributed by atoms with van der Waals surface area (Å²) in [5.41, 5.74) is 9.99. The first-order chi connectivity index (χ1) is 9.19. The van der Waals surface area contributed by atoms with Crippen molar-refractivity contribution in [3.63, 3.8) is 0 Å². The lowest BCUT2D eigenvalue weighted by atomic mass is 10.1. The molecule has 1 atom stereocenters. The molecule has 1 aromatic carbocycles. The molecule has 3 heteroatoms. The van der Waals surface area contributed by atoms with E-state index < -0.39 is 0 Å². The highest BCUT2D eigenvalue weighted by atomic mass is 32.1. The van der Waals surface area contributed by atoms with Crippen molar-refractivity contribution >= 4 is 17.0 Å². The number of likely N-dealkylation sites (N-methyl/N-ethyl adjacent to an activating group) is 1. The molecule has 2 N–H and O–H groups in total. The number of thiophene rings is 1. The molecule has 0 fully saturated rings. The van der Waals surface area contributed by atoms with Gasteiger partial charge >= 0.3 is 0 Å². The van der Waals surface area contributed by atoms with Gasteiger partial charge in [0.25, 0.3) is 0 Å². The van der Waals surface area contributed by atoms with E-state index in [4.69, 9.17) is 5.73 Å². The molecule has 2 aromatic rings. The number of anilines is 1. The highest BCUT2D eigenvalue weighted by Crippen LogP contribution is 2.33.